The molecule has 0 unspecified atom stereocenters. The molecule has 5 N–H and O–H groups in total. The van der Waals surface area contributed by atoms with Gasteiger partial charge in [0.15, 0.2) is 0 Å². The number of amides is 2. The molecule has 11 heteroatoms. The molecule has 1 saturated heterocycles. The number of hydroxylamine groups is 1. The predicted molar refractivity (Wildman–Crippen MR) is 173 cm³/mol. The Hall–Kier alpha value is -3.96. The van der Waals surface area contributed by atoms with Crippen LogP contribution < -0.4 is 26.2 Å². The van der Waals surface area contributed by atoms with Crippen LogP contribution in [0.1, 0.15) is 58.9 Å². The minimum absolute atomic E-state index is 0.109. The second-order valence-electron chi connectivity index (χ2n) is 13.1. The fourth-order valence-electron chi connectivity index (χ4n) is 6.06. The lowest BCUT2D eigenvalue weighted by Gasteiger charge is -2.33. The zero-order chi connectivity index (χ0) is 31.7. The maximum Gasteiger partial charge on any atom is 0.249 e. The van der Waals surface area contributed by atoms with Crippen LogP contribution in [0.3, 0.4) is 0 Å². The summed E-state index contributed by atoms with van der Waals surface area (Å²) in [5.41, 5.74) is 2.58. The Bertz CT molecular complexity index is 1410. The zero-order valence-electron chi connectivity index (χ0n) is 26.6. The molecule has 0 aliphatic carbocycles. The van der Waals surface area contributed by atoms with Crippen molar-refractivity contribution in [3.05, 3.63) is 54.1 Å². The fourth-order valence-corrected chi connectivity index (χ4v) is 6.06. The van der Waals surface area contributed by atoms with E-state index in [9.17, 15) is 9.59 Å². The fraction of sp³-hybridized carbons (Fsp3) is 0.515. The van der Waals surface area contributed by atoms with Gasteiger partial charge in [0, 0.05) is 62.1 Å². The van der Waals surface area contributed by atoms with E-state index in [2.05, 4.69) is 51.2 Å². The highest BCUT2D eigenvalue weighted by molar-refractivity contribution is 5.91. The third kappa shape index (κ3) is 9.27. The number of anilines is 2. The number of nitrogens with zero attached hydrogens (tertiary/aromatic N) is 3. The summed E-state index contributed by atoms with van der Waals surface area (Å²) in [5, 5.41) is 19.8. The van der Waals surface area contributed by atoms with E-state index in [0.717, 1.165) is 54.9 Å². The van der Waals surface area contributed by atoms with Crippen LogP contribution in [0.5, 0.6) is 5.75 Å². The average molecular weight is 606 g/mol. The minimum Gasteiger partial charge on any atom is -0.497 e. The summed E-state index contributed by atoms with van der Waals surface area (Å²) >= 11 is 0. The van der Waals surface area contributed by atoms with Crippen molar-refractivity contribution in [1.82, 2.24) is 25.7 Å². The van der Waals surface area contributed by atoms with E-state index in [1.54, 1.807) is 26.4 Å². The third-order valence-electron chi connectivity index (χ3n) is 8.09. The number of piperidine rings is 1. The first-order valence-electron chi connectivity index (χ1n) is 15.3. The van der Waals surface area contributed by atoms with Crippen molar-refractivity contribution in [2.75, 3.05) is 43.9 Å². The summed E-state index contributed by atoms with van der Waals surface area (Å²) in [7, 11) is 1.64. The molecule has 2 heterocycles. The SMILES string of the molecule is COc1ccc2c(NC3CCN(Cc4ccccc4)CC3)nc(NCCNC(=O)CC(C)(C)CC(C)(C)C(=O)NO)nc2c1. The Morgan fingerprint density at radius 1 is 1.02 bits per heavy atom. The van der Waals surface area contributed by atoms with Gasteiger partial charge < -0.3 is 20.7 Å². The van der Waals surface area contributed by atoms with Gasteiger partial charge in [0.25, 0.3) is 0 Å². The van der Waals surface area contributed by atoms with Gasteiger partial charge in [-0.15, -0.1) is 0 Å². The van der Waals surface area contributed by atoms with Crippen LogP contribution in [-0.4, -0.2) is 71.2 Å². The Morgan fingerprint density at radius 2 is 1.75 bits per heavy atom. The highest BCUT2D eigenvalue weighted by Gasteiger charge is 2.35. The first-order chi connectivity index (χ1) is 21.0. The number of carbonyl (C=O) groups excluding carboxylic acids is 2. The quantitative estimate of drug-likeness (QED) is 0.101. The lowest BCUT2D eigenvalue weighted by Crippen LogP contribution is -2.40. The number of methoxy groups -OCH3 is 1. The molecule has 2 aromatic carbocycles. The number of hydrogen-bond donors (Lipinski definition) is 5. The summed E-state index contributed by atoms with van der Waals surface area (Å²) in [6.07, 6.45) is 2.72. The second kappa shape index (κ2) is 14.7. The number of fused-ring (bicyclic) bond motifs is 1. The molecule has 0 atom stereocenters. The summed E-state index contributed by atoms with van der Waals surface area (Å²) in [5.74, 6) is 1.40. The van der Waals surface area contributed by atoms with Gasteiger partial charge >= 0.3 is 0 Å². The topological polar surface area (TPSA) is 141 Å². The van der Waals surface area contributed by atoms with Gasteiger partial charge in [0.1, 0.15) is 11.6 Å². The van der Waals surface area contributed by atoms with Crippen molar-refractivity contribution in [2.45, 2.75) is 66.0 Å². The normalized spacial score (nSPS) is 14.7. The van der Waals surface area contributed by atoms with E-state index in [1.165, 1.54) is 5.56 Å². The van der Waals surface area contributed by atoms with E-state index in [4.69, 9.17) is 19.9 Å². The maximum absolute atomic E-state index is 12.7. The number of rotatable bonds is 14. The molecule has 1 aliphatic rings. The molecule has 1 fully saturated rings. The standard InChI is InChI=1S/C33H47N7O4/c1-32(2,22-33(3,4)30(42)39-43)20-28(41)34-15-16-35-31-37-27-19-25(44-5)11-12-26(27)29(38-31)36-24-13-17-40(18-14-24)21-23-9-7-6-8-10-23/h6-12,19,24,43H,13-18,20-22H2,1-5H3,(H,34,41)(H,39,42)(H2,35,36,37,38). The highest BCUT2D eigenvalue weighted by Crippen LogP contribution is 2.36. The van der Waals surface area contributed by atoms with Gasteiger partial charge in [-0.05, 0) is 42.4 Å². The molecule has 238 valence electrons. The molecular weight excluding hydrogens is 558 g/mol. The number of carbonyl (C=O) groups is 2. The van der Waals surface area contributed by atoms with Crippen LogP contribution in [0.15, 0.2) is 48.5 Å². The van der Waals surface area contributed by atoms with Crippen molar-refractivity contribution in [1.29, 1.82) is 0 Å². The van der Waals surface area contributed by atoms with Gasteiger partial charge in [-0.3, -0.25) is 19.7 Å². The average Bonchev–Trinajstić information content (AvgIpc) is 2.99. The minimum atomic E-state index is -0.804. The van der Waals surface area contributed by atoms with Gasteiger partial charge in [-0.25, -0.2) is 10.5 Å². The monoisotopic (exact) mass is 605 g/mol. The largest absolute Gasteiger partial charge is 0.497 e. The molecule has 0 radical (unpaired) electrons. The molecule has 1 aliphatic heterocycles. The van der Waals surface area contributed by atoms with Crippen LogP contribution in [0.2, 0.25) is 0 Å². The Morgan fingerprint density at radius 3 is 2.43 bits per heavy atom. The zero-order valence-corrected chi connectivity index (χ0v) is 26.6. The van der Waals surface area contributed by atoms with Crippen molar-refractivity contribution in [3.63, 3.8) is 0 Å². The molecular formula is C33H47N7O4. The lowest BCUT2D eigenvalue weighted by atomic mass is 9.73. The summed E-state index contributed by atoms with van der Waals surface area (Å²) in [4.78, 5) is 36.7. The van der Waals surface area contributed by atoms with Crippen molar-refractivity contribution in [3.8, 4) is 5.75 Å². The van der Waals surface area contributed by atoms with Crippen LogP contribution in [-0.2, 0) is 16.1 Å². The number of benzene rings is 2. The molecule has 0 bridgehead atoms. The second-order valence-corrected chi connectivity index (χ2v) is 13.1. The third-order valence-corrected chi connectivity index (χ3v) is 8.09. The first-order valence-corrected chi connectivity index (χ1v) is 15.3. The van der Waals surface area contributed by atoms with Gasteiger partial charge in [0.2, 0.25) is 17.8 Å². The Balaban J connectivity index is 1.33. The predicted octanol–water partition coefficient (Wildman–Crippen LogP) is 4.58. The van der Waals surface area contributed by atoms with Gasteiger partial charge in [-0.1, -0.05) is 58.0 Å². The Kier molecular flexibility index (Phi) is 11.0. The van der Waals surface area contributed by atoms with Crippen LogP contribution in [0.4, 0.5) is 11.8 Å². The number of nitrogens with one attached hydrogen (secondary N) is 4. The van der Waals surface area contributed by atoms with Crippen molar-refractivity contribution < 1.29 is 19.5 Å². The van der Waals surface area contributed by atoms with Gasteiger partial charge in [0.05, 0.1) is 12.6 Å². The molecule has 0 spiro atoms. The molecule has 3 aromatic rings. The lowest BCUT2D eigenvalue weighted by molar-refractivity contribution is -0.140. The van der Waals surface area contributed by atoms with Gasteiger partial charge in [-0.2, -0.15) is 4.98 Å². The molecule has 0 saturated carbocycles. The van der Waals surface area contributed by atoms with E-state index in [-0.39, 0.29) is 12.3 Å². The van der Waals surface area contributed by atoms with E-state index in [1.807, 2.05) is 32.0 Å². The van der Waals surface area contributed by atoms with Crippen molar-refractivity contribution >= 4 is 34.5 Å². The molecule has 2 amide bonds. The number of ether oxygens (including phenoxy) is 1. The highest BCUT2D eigenvalue weighted by atomic mass is 16.5. The summed E-state index contributed by atoms with van der Waals surface area (Å²) in [6, 6.07) is 16.7. The molecule has 1 aromatic heterocycles. The smallest absolute Gasteiger partial charge is 0.249 e. The molecule has 11 nitrogen and oxygen atoms in total. The molecule has 44 heavy (non-hydrogen) atoms. The van der Waals surface area contributed by atoms with E-state index >= 15 is 0 Å². The van der Waals surface area contributed by atoms with Crippen LogP contribution in [0.25, 0.3) is 10.9 Å². The number of likely N-dealkylation sites (tertiary alicyclic amines) is 1. The first kappa shape index (κ1) is 32.9. The molecule has 4 rings (SSSR count). The number of aromatic nitrogens is 2. The number of hydrogen-bond acceptors (Lipinski definition) is 9. The Labute approximate surface area is 260 Å². The van der Waals surface area contributed by atoms with Crippen LogP contribution >= 0.6 is 0 Å². The maximum atomic E-state index is 12.7. The van der Waals surface area contributed by atoms with E-state index < -0.39 is 16.7 Å². The van der Waals surface area contributed by atoms with Crippen molar-refractivity contribution in [2.24, 2.45) is 10.8 Å². The summed E-state index contributed by atoms with van der Waals surface area (Å²) in [6.45, 7) is 11.2. The summed E-state index contributed by atoms with van der Waals surface area (Å²) < 4.78 is 5.44. The van der Waals surface area contributed by atoms with E-state index in [0.29, 0.717) is 31.5 Å². The van der Waals surface area contributed by atoms with Crippen LogP contribution in [0, 0.1) is 10.8 Å².